The summed E-state index contributed by atoms with van der Waals surface area (Å²) in [4.78, 5) is 0. The molecule has 4 rings (SSSR count). The molecule has 1 aliphatic rings. The van der Waals surface area contributed by atoms with Crippen LogP contribution in [0.3, 0.4) is 0 Å². The van der Waals surface area contributed by atoms with E-state index in [-0.39, 0.29) is 18.1 Å². The number of halogens is 3. The van der Waals surface area contributed by atoms with Crippen molar-refractivity contribution in [2.75, 3.05) is 6.61 Å². The van der Waals surface area contributed by atoms with E-state index in [1.807, 2.05) is 6.08 Å². The molecule has 0 bridgehead atoms. The number of hydrogen-bond donors (Lipinski definition) is 0. The van der Waals surface area contributed by atoms with E-state index in [9.17, 15) is 13.2 Å². The normalized spacial score (nSPS) is 17.6. The molecule has 1 fully saturated rings. The van der Waals surface area contributed by atoms with Crippen LogP contribution in [0.15, 0.2) is 67.3 Å². The number of hydrogen-bond acceptors (Lipinski definition) is 2. The van der Waals surface area contributed by atoms with Gasteiger partial charge < -0.3 is 9.47 Å². The van der Waals surface area contributed by atoms with E-state index in [0.29, 0.717) is 40.7 Å². The van der Waals surface area contributed by atoms with E-state index in [2.05, 4.69) is 13.5 Å². The Hall–Kier alpha value is -3.21. The maximum Gasteiger partial charge on any atom is 0.166 e. The van der Waals surface area contributed by atoms with E-state index in [1.54, 1.807) is 48.5 Å². The monoisotopic (exact) mass is 494 g/mol. The molecule has 3 aromatic rings. The van der Waals surface area contributed by atoms with Crippen molar-refractivity contribution in [3.63, 3.8) is 0 Å². The third-order valence-electron chi connectivity index (χ3n) is 6.97. The highest BCUT2D eigenvalue weighted by Crippen LogP contribution is 2.39. The van der Waals surface area contributed by atoms with Crippen molar-refractivity contribution >= 4 is 0 Å². The standard InChI is InChI=1S/C31H33F3O2/c1-3-4-5-18-35-26-15-12-24(29(32)19-26)20-36-25-13-10-23(11-14-25)28-17-16-27(30(33)31(28)34)22-8-6-21(2)7-9-22/h3,10-17,19,21-22H,1,4-9,18,20H2,2H3. The van der Waals surface area contributed by atoms with Gasteiger partial charge in [0.25, 0.3) is 0 Å². The van der Waals surface area contributed by atoms with Crippen molar-refractivity contribution in [2.45, 2.75) is 58.0 Å². The Morgan fingerprint density at radius 2 is 1.58 bits per heavy atom. The van der Waals surface area contributed by atoms with Gasteiger partial charge in [0.1, 0.15) is 23.9 Å². The Kier molecular flexibility index (Phi) is 8.74. The molecule has 1 aliphatic carbocycles. The maximum absolute atomic E-state index is 15.0. The van der Waals surface area contributed by atoms with Crippen molar-refractivity contribution in [1.82, 2.24) is 0 Å². The van der Waals surface area contributed by atoms with Gasteiger partial charge in [-0.1, -0.05) is 50.1 Å². The van der Waals surface area contributed by atoms with E-state index >= 15 is 0 Å². The summed E-state index contributed by atoms with van der Waals surface area (Å²) in [5, 5.41) is 0. The predicted molar refractivity (Wildman–Crippen MR) is 138 cm³/mol. The minimum Gasteiger partial charge on any atom is -0.493 e. The first-order valence-corrected chi connectivity index (χ1v) is 12.7. The molecule has 0 aliphatic heterocycles. The van der Waals surface area contributed by atoms with Gasteiger partial charge >= 0.3 is 0 Å². The Labute approximate surface area is 211 Å². The van der Waals surface area contributed by atoms with E-state index in [4.69, 9.17) is 9.47 Å². The summed E-state index contributed by atoms with van der Waals surface area (Å²) in [7, 11) is 0. The number of ether oxygens (including phenoxy) is 2. The molecule has 0 amide bonds. The van der Waals surface area contributed by atoms with Gasteiger partial charge in [-0.2, -0.15) is 0 Å². The van der Waals surface area contributed by atoms with E-state index in [0.717, 1.165) is 38.5 Å². The second-order valence-corrected chi connectivity index (χ2v) is 9.63. The molecule has 36 heavy (non-hydrogen) atoms. The highest BCUT2D eigenvalue weighted by Gasteiger charge is 2.25. The summed E-state index contributed by atoms with van der Waals surface area (Å²) in [5.74, 6) is -0.238. The average molecular weight is 495 g/mol. The largest absolute Gasteiger partial charge is 0.493 e. The SMILES string of the molecule is C=CCCCOc1ccc(COc2ccc(-c3ccc(C4CCC(C)CC4)c(F)c3F)cc2)c(F)c1. The minimum absolute atomic E-state index is 0.0413. The van der Waals surface area contributed by atoms with Crippen molar-refractivity contribution in [3.05, 3.63) is 95.8 Å². The fraction of sp³-hybridized carbons (Fsp3) is 0.355. The zero-order chi connectivity index (χ0) is 25.5. The van der Waals surface area contributed by atoms with Crippen LogP contribution in [0.25, 0.3) is 11.1 Å². The lowest BCUT2D eigenvalue weighted by Gasteiger charge is -2.27. The number of rotatable bonds is 10. The lowest BCUT2D eigenvalue weighted by molar-refractivity contribution is 0.295. The fourth-order valence-electron chi connectivity index (χ4n) is 4.72. The van der Waals surface area contributed by atoms with Gasteiger partial charge in [-0.3, -0.25) is 0 Å². The molecular weight excluding hydrogens is 461 g/mol. The van der Waals surface area contributed by atoms with E-state index in [1.165, 1.54) is 6.07 Å². The van der Waals surface area contributed by atoms with Gasteiger partial charge in [0, 0.05) is 17.2 Å². The lowest BCUT2D eigenvalue weighted by atomic mass is 9.79. The highest BCUT2D eigenvalue weighted by molar-refractivity contribution is 5.65. The summed E-state index contributed by atoms with van der Waals surface area (Å²) in [6, 6.07) is 14.8. The second kappa shape index (κ2) is 12.2. The second-order valence-electron chi connectivity index (χ2n) is 9.63. The van der Waals surface area contributed by atoms with Gasteiger partial charge in [-0.25, -0.2) is 13.2 Å². The summed E-state index contributed by atoms with van der Waals surface area (Å²) in [5.41, 5.74) is 1.67. The smallest absolute Gasteiger partial charge is 0.166 e. The predicted octanol–water partition coefficient (Wildman–Crippen LogP) is 8.99. The first kappa shape index (κ1) is 25.9. The van der Waals surface area contributed by atoms with Crippen molar-refractivity contribution in [1.29, 1.82) is 0 Å². The molecule has 1 saturated carbocycles. The summed E-state index contributed by atoms with van der Waals surface area (Å²) >= 11 is 0. The number of benzene rings is 3. The molecule has 0 atom stereocenters. The molecule has 2 nitrogen and oxygen atoms in total. The van der Waals surface area contributed by atoms with Gasteiger partial charge in [0.2, 0.25) is 0 Å². The Bertz CT molecular complexity index is 1170. The molecule has 0 aromatic heterocycles. The van der Waals surface area contributed by atoms with Crippen LogP contribution in [-0.2, 0) is 6.61 Å². The van der Waals surface area contributed by atoms with Crippen LogP contribution >= 0.6 is 0 Å². The van der Waals surface area contributed by atoms with E-state index < -0.39 is 17.5 Å². The third-order valence-corrected chi connectivity index (χ3v) is 6.97. The van der Waals surface area contributed by atoms with Crippen LogP contribution in [0.4, 0.5) is 13.2 Å². The quantitative estimate of drug-likeness (QED) is 0.207. The van der Waals surface area contributed by atoms with Crippen LogP contribution < -0.4 is 9.47 Å². The van der Waals surface area contributed by atoms with Gasteiger partial charge in [-0.05, 0) is 72.9 Å². The first-order valence-electron chi connectivity index (χ1n) is 12.7. The zero-order valence-corrected chi connectivity index (χ0v) is 20.7. The molecule has 0 saturated heterocycles. The third kappa shape index (κ3) is 6.31. The Morgan fingerprint density at radius 3 is 2.28 bits per heavy atom. The first-order chi connectivity index (χ1) is 17.5. The van der Waals surface area contributed by atoms with Crippen molar-refractivity contribution < 1.29 is 22.6 Å². The van der Waals surface area contributed by atoms with Crippen molar-refractivity contribution in [2.24, 2.45) is 5.92 Å². The van der Waals surface area contributed by atoms with Crippen LogP contribution in [0.2, 0.25) is 0 Å². The van der Waals surface area contributed by atoms with Crippen LogP contribution in [0.5, 0.6) is 11.5 Å². The minimum atomic E-state index is -0.811. The zero-order valence-electron chi connectivity index (χ0n) is 20.7. The van der Waals surface area contributed by atoms with Crippen LogP contribution in [0, 0.1) is 23.4 Å². The lowest BCUT2D eigenvalue weighted by Crippen LogP contribution is -2.13. The van der Waals surface area contributed by atoms with Crippen LogP contribution in [0.1, 0.15) is 62.5 Å². The van der Waals surface area contributed by atoms with Gasteiger partial charge in [0.15, 0.2) is 11.6 Å². The highest BCUT2D eigenvalue weighted by atomic mass is 19.2. The molecule has 0 heterocycles. The van der Waals surface area contributed by atoms with Crippen LogP contribution in [-0.4, -0.2) is 6.61 Å². The maximum atomic E-state index is 15.0. The summed E-state index contributed by atoms with van der Waals surface area (Å²) in [6.07, 6.45) is 7.38. The molecule has 190 valence electrons. The molecule has 0 N–H and O–H groups in total. The molecule has 0 radical (unpaired) electrons. The molecule has 0 unspecified atom stereocenters. The fourth-order valence-corrected chi connectivity index (χ4v) is 4.72. The molecule has 5 heteroatoms. The summed E-state index contributed by atoms with van der Waals surface area (Å²) < 4.78 is 55.6. The van der Waals surface area contributed by atoms with Crippen molar-refractivity contribution in [3.8, 4) is 22.6 Å². The Balaban J connectivity index is 1.37. The molecule has 3 aromatic carbocycles. The number of unbranched alkanes of at least 4 members (excludes halogenated alkanes) is 1. The van der Waals surface area contributed by atoms with Gasteiger partial charge in [-0.15, -0.1) is 6.58 Å². The molecular formula is C31H33F3O2. The number of allylic oxidation sites excluding steroid dienone is 1. The topological polar surface area (TPSA) is 18.5 Å². The average Bonchev–Trinajstić information content (AvgIpc) is 2.89. The Morgan fingerprint density at radius 1 is 0.861 bits per heavy atom. The van der Waals surface area contributed by atoms with Gasteiger partial charge in [0.05, 0.1) is 6.61 Å². The molecule has 0 spiro atoms. The summed E-state index contributed by atoms with van der Waals surface area (Å²) in [6.45, 7) is 6.41.